The molecule has 19 heavy (non-hydrogen) atoms. The largest absolute Gasteiger partial charge is 0.399 e. The molecule has 4 heteroatoms. The predicted octanol–water partition coefficient (Wildman–Crippen LogP) is 3.05. The first-order valence-electron chi connectivity index (χ1n) is 6.78. The first kappa shape index (κ1) is 13.4. The van der Waals surface area contributed by atoms with Gasteiger partial charge in [0, 0.05) is 12.1 Å². The van der Waals surface area contributed by atoms with Gasteiger partial charge < -0.3 is 11.1 Å². The number of carbonyl (C=O) groups is 1. The van der Waals surface area contributed by atoms with Crippen molar-refractivity contribution >= 4 is 17.3 Å². The Balaban J connectivity index is 1.89. The number of nitriles is 1. The third-order valence-corrected chi connectivity index (χ3v) is 3.69. The van der Waals surface area contributed by atoms with E-state index < -0.39 is 0 Å². The van der Waals surface area contributed by atoms with Gasteiger partial charge in [-0.1, -0.05) is 25.7 Å². The fourth-order valence-electron chi connectivity index (χ4n) is 2.61. The van der Waals surface area contributed by atoms with Crippen molar-refractivity contribution in [3.8, 4) is 6.07 Å². The smallest absolute Gasteiger partial charge is 0.224 e. The summed E-state index contributed by atoms with van der Waals surface area (Å²) in [5.41, 5.74) is 7.10. The highest BCUT2D eigenvalue weighted by Gasteiger charge is 2.16. The maximum absolute atomic E-state index is 11.9. The van der Waals surface area contributed by atoms with Crippen LogP contribution < -0.4 is 11.1 Å². The number of hydrogen-bond donors (Lipinski definition) is 2. The van der Waals surface area contributed by atoms with Crippen LogP contribution in [-0.2, 0) is 4.79 Å². The highest BCUT2D eigenvalue weighted by molar-refractivity contribution is 5.92. The molecule has 1 amide bonds. The van der Waals surface area contributed by atoms with Crippen LogP contribution in [0.15, 0.2) is 18.2 Å². The molecule has 4 nitrogen and oxygen atoms in total. The van der Waals surface area contributed by atoms with E-state index in [1.165, 1.54) is 25.7 Å². The molecule has 0 saturated heterocycles. The molecule has 1 fully saturated rings. The van der Waals surface area contributed by atoms with Gasteiger partial charge in [0.1, 0.15) is 6.07 Å². The molecule has 0 bridgehead atoms. The van der Waals surface area contributed by atoms with Crippen molar-refractivity contribution < 1.29 is 4.79 Å². The monoisotopic (exact) mass is 257 g/mol. The summed E-state index contributed by atoms with van der Waals surface area (Å²) in [4.78, 5) is 11.9. The lowest BCUT2D eigenvalue weighted by Crippen LogP contribution is -2.13. The molecular weight excluding hydrogens is 238 g/mol. The first-order valence-corrected chi connectivity index (χ1v) is 6.78. The maximum atomic E-state index is 11.9. The van der Waals surface area contributed by atoms with Gasteiger partial charge in [-0.15, -0.1) is 0 Å². The van der Waals surface area contributed by atoms with E-state index in [-0.39, 0.29) is 5.91 Å². The van der Waals surface area contributed by atoms with Crippen LogP contribution in [0.5, 0.6) is 0 Å². The molecule has 0 aromatic heterocycles. The molecule has 1 aromatic carbocycles. The minimum absolute atomic E-state index is 0.0202. The van der Waals surface area contributed by atoms with Crippen LogP contribution in [0.2, 0.25) is 0 Å². The SMILES string of the molecule is N#Cc1cc(N)ccc1NC(=O)CCC1CCCC1. The van der Waals surface area contributed by atoms with E-state index in [1.54, 1.807) is 18.2 Å². The van der Waals surface area contributed by atoms with Crippen LogP contribution >= 0.6 is 0 Å². The number of anilines is 2. The predicted molar refractivity (Wildman–Crippen MR) is 75.4 cm³/mol. The zero-order chi connectivity index (χ0) is 13.7. The Bertz CT molecular complexity index is 499. The lowest BCUT2D eigenvalue weighted by molar-refractivity contribution is -0.116. The van der Waals surface area contributed by atoms with E-state index in [2.05, 4.69) is 5.32 Å². The number of nitrogens with one attached hydrogen (secondary N) is 1. The number of hydrogen-bond acceptors (Lipinski definition) is 3. The van der Waals surface area contributed by atoms with Crippen molar-refractivity contribution in [1.29, 1.82) is 5.26 Å². The zero-order valence-electron chi connectivity index (χ0n) is 11.0. The molecule has 0 aliphatic heterocycles. The highest BCUT2D eigenvalue weighted by atomic mass is 16.1. The van der Waals surface area contributed by atoms with Crippen molar-refractivity contribution in [2.75, 3.05) is 11.1 Å². The van der Waals surface area contributed by atoms with Crippen LogP contribution in [0.1, 0.15) is 44.1 Å². The van der Waals surface area contributed by atoms with Gasteiger partial charge >= 0.3 is 0 Å². The van der Waals surface area contributed by atoms with Crippen LogP contribution in [0.25, 0.3) is 0 Å². The topological polar surface area (TPSA) is 78.9 Å². The lowest BCUT2D eigenvalue weighted by atomic mass is 10.0. The Labute approximate surface area is 113 Å². The van der Waals surface area contributed by atoms with E-state index in [0.29, 0.717) is 29.3 Å². The van der Waals surface area contributed by atoms with Gasteiger partial charge in [0.2, 0.25) is 5.91 Å². The third kappa shape index (κ3) is 3.72. The molecule has 0 heterocycles. The number of nitrogen functional groups attached to an aromatic ring is 1. The minimum atomic E-state index is -0.0202. The van der Waals surface area contributed by atoms with E-state index in [4.69, 9.17) is 11.0 Å². The average molecular weight is 257 g/mol. The molecule has 3 N–H and O–H groups in total. The second kappa shape index (κ2) is 6.24. The molecule has 1 aliphatic carbocycles. The summed E-state index contributed by atoms with van der Waals surface area (Å²) in [5.74, 6) is 0.681. The summed E-state index contributed by atoms with van der Waals surface area (Å²) in [6, 6.07) is 6.99. The lowest BCUT2D eigenvalue weighted by Gasteiger charge is -2.10. The molecule has 2 rings (SSSR count). The highest BCUT2D eigenvalue weighted by Crippen LogP contribution is 2.28. The van der Waals surface area contributed by atoms with E-state index in [9.17, 15) is 4.79 Å². The van der Waals surface area contributed by atoms with Gasteiger partial charge in [-0.2, -0.15) is 5.26 Å². The number of benzene rings is 1. The van der Waals surface area contributed by atoms with Crippen LogP contribution in [-0.4, -0.2) is 5.91 Å². The second-order valence-corrected chi connectivity index (χ2v) is 5.15. The number of nitrogens with zero attached hydrogens (tertiary/aromatic N) is 1. The first-order chi connectivity index (χ1) is 9.19. The van der Waals surface area contributed by atoms with Crippen molar-refractivity contribution in [1.82, 2.24) is 0 Å². The molecule has 0 unspecified atom stereocenters. The molecule has 1 saturated carbocycles. The molecule has 100 valence electrons. The maximum Gasteiger partial charge on any atom is 0.224 e. The Kier molecular flexibility index (Phi) is 4.40. The quantitative estimate of drug-likeness (QED) is 0.814. The number of nitrogens with two attached hydrogens (primary N) is 1. The summed E-state index contributed by atoms with van der Waals surface area (Å²) < 4.78 is 0. The summed E-state index contributed by atoms with van der Waals surface area (Å²) in [7, 11) is 0. The average Bonchev–Trinajstić information content (AvgIpc) is 2.91. The minimum Gasteiger partial charge on any atom is -0.399 e. The van der Waals surface area contributed by atoms with Crippen LogP contribution in [0.3, 0.4) is 0 Å². The molecule has 0 radical (unpaired) electrons. The molecular formula is C15H19N3O. The number of rotatable bonds is 4. The fraction of sp³-hybridized carbons (Fsp3) is 0.467. The Hall–Kier alpha value is -2.02. The fourth-order valence-corrected chi connectivity index (χ4v) is 2.61. The Morgan fingerprint density at radius 2 is 2.16 bits per heavy atom. The zero-order valence-corrected chi connectivity index (χ0v) is 11.0. The summed E-state index contributed by atoms with van der Waals surface area (Å²) in [5, 5.41) is 11.8. The van der Waals surface area contributed by atoms with Gasteiger partial charge in [0.15, 0.2) is 0 Å². The van der Waals surface area contributed by atoms with Crippen molar-refractivity contribution in [2.45, 2.75) is 38.5 Å². The summed E-state index contributed by atoms with van der Waals surface area (Å²) >= 11 is 0. The van der Waals surface area contributed by atoms with E-state index in [0.717, 1.165) is 6.42 Å². The van der Waals surface area contributed by atoms with Gasteiger partial charge in [-0.05, 0) is 30.5 Å². The van der Waals surface area contributed by atoms with Crippen molar-refractivity contribution in [2.24, 2.45) is 5.92 Å². The normalized spacial score (nSPS) is 15.1. The molecule has 1 aromatic rings. The van der Waals surface area contributed by atoms with Crippen molar-refractivity contribution in [3.63, 3.8) is 0 Å². The van der Waals surface area contributed by atoms with Crippen LogP contribution in [0.4, 0.5) is 11.4 Å². The number of amides is 1. The molecule has 0 atom stereocenters. The summed E-state index contributed by atoms with van der Waals surface area (Å²) in [6.07, 6.45) is 6.56. The standard InChI is InChI=1S/C15H19N3O/c16-10-12-9-13(17)6-7-14(12)18-15(19)8-5-11-3-1-2-4-11/h6-7,9,11H,1-5,8,17H2,(H,18,19). The van der Waals surface area contributed by atoms with Gasteiger partial charge in [-0.25, -0.2) is 0 Å². The van der Waals surface area contributed by atoms with Crippen LogP contribution in [0, 0.1) is 17.2 Å². The van der Waals surface area contributed by atoms with Gasteiger partial charge in [0.25, 0.3) is 0 Å². The third-order valence-electron chi connectivity index (χ3n) is 3.69. The van der Waals surface area contributed by atoms with Gasteiger partial charge in [-0.3, -0.25) is 4.79 Å². The molecule has 1 aliphatic rings. The number of carbonyl (C=O) groups excluding carboxylic acids is 1. The summed E-state index contributed by atoms with van der Waals surface area (Å²) in [6.45, 7) is 0. The Morgan fingerprint density at radius 1 is 1.42 bits per heavy atom. The van der Waals surface area contributed by atoms with E-state index >= 15 is 0 Å². The van der Waals surface area contributed by atoms with E-state index in [1.807, 2.05) is 6.07 Å². The Morgan fingerprint density at radius 3 is 2.84 bits per heavy atom. The second-order valence-electron chi connectivity index (χ2n) is 5.15. The van der Waals surface area contributed by atoms with Gasteiger partial charge in [0.05, 0.1) is 11.3 Å². The molecule has 0 spiro atoms. The van der Waals surface area contributed by atoms with Crippen molar-refractivity contribution in [3.05, 3.63) is 23.8 Å².